The quantitative estimate of drug-likeness (QED) is 0.110. The number of likely N-dealkylation sites (N-methyl/N-ethyl adjacent to an activating group) is 1. The van der Waals surface area contributed by atoms with Crippen LogP contribution in [0, 0.1) is 0 Å². The van der Waals surface area contributed by atoms with E-state index in [1.165, 1.54) is 103 Å². The number of aliphatic hydroxyl groups excluding tert-OH is 1. The lowest BCUT2D eigenvalue weighted by molar-refractivity contribution is -0.959. The number of halogens is 2. The number of nitrogens with one attached hydrogen (secondary N) is 1. The van der Waals surface area contributed by atoms with E-state index in [9.17, 15) is 9.90 Å². The summed E-state index contributed by atoms with van der Waals surface area (Å²) in [5.41, 5.74) is 0. The molecule has 0 aliphatic carbocycles. The van der Waals surface area contributed by atoms with E-state index >= 15 is 0 Å². The van der Waals surface area contributed by atoms with Gasteiger partial charge < -0.3 is 39.7 Å². The maximum absolute atomic E-state index is 12.7. The number of carbonyl (C=O) groups is 1. The SMILES string of the molecule is CCCCCCCCCCCCCCCCCC[N+](C)(C)CC(=O)NC(CC)[N+](C)(C)C(C)O.[Cl-].[Cl-]. The van der Waals surface area contributed by atoms with Crippen LogP contribution in [0.5, 0.6) is 0 Å². The first-order valence-corrected chi connectivity index (χ1v) is 14.7. The number of carbonyl (C=O) groups excluding carboxylic acids is 1. The van der Waals surface area contributed by atoms with Crippen LogP contribution in [0.25, 0.3) is 0 Å². The van der Waals surface area contributed by atoms with Crippen LogP contribution in [0.3, 0.4) is 0 Å². The summed E-state index contributed by atoms with van der Waals surface area (Å²) in [5, 5.41) is 13.2. The van der Waals surface area contributed by atoms with Crippen LogP contribution in [0.2, 0.25) is 0 Å². The topological polar surface area (TPSA) is 49.3 Å². The Morgan fingerprint density at radius 3 is 1.39 bits per heavy atom. The average molecular weight is 557 g/mol. The van der Waals surface area contributed by atoms with Gasteiger partial charge in [0.25, 0.3) is 5.91 Å². The number of hydrogen-bond acceptors (Lipinski definition) is 2. The monoisotopic (exact) mass is 555 g/mol. The van der Waals surface area contributed by atoms with Gasteiger partial charge in [-0.15, -0.1) is 0 Å². The first-order valence-electron chi connectivity index (χ1n) is 14.7. The van der Waals surface area contributed by atoms with E-state index in [1.807, 2.05) is 14.1 Å². The lowest BCUT2D eigenvalue weighted by Crippen LogP contribution is -3.00. The molecule has 0 aliphatic rings. The van der Waals surface area contributed by atoms with Crippen LogP contribution >= 0.6 is 0 Å². The van der Waals surface area contributed by atoms with Crippen molar-refractivity contribution in [3.63, 3.8) is 0 Å². The predicted molar refractivity (Wildman–Crippen MR) is 147 cm³/mol. The second-order valence-electron chi connectivity index (χ2n) is 11.9. The molecule has 2 N–H and O–H groups in total. The Balaban J connectivity index is -0.00000544. The number of unbranched alkanes of at least 4 members (excludes halogenated alkanes) is 15. The van der Waals surface area contributed by atoms with Gasteiger partial charge in [-0.3, -0.25) is 9.28 Å². The molecule has 0 bridgehead atoms. The van der Waals surface area contributed by atoms with Crippen molar-refractivity contribution in [2.75, 3.05) is 41.3 Å². The van der Waals surface area contributed by atoms with Crippen molar-refractivity contribution in [1.82, 2.24) is 5.32 Å². The van der Waals surface area contributed by atoms with E-state index in [-0.39, 0.29) is 36.9 Å². The lowest BCUT2D eigenvalue weighted by Gasteiger charge is -2.40. The van der Waals surface area contributed by atoms with E-state index in [1.54, 1.807) is 6.92 Å². The fourth-order valence-corrected chi connectivity index (χ4v) is 4.79. The van der Waals surface area contributed by atoms with Crippen LogP contribution in [-0.2, 0) is 4.79 Å². The molecular formula is C29H63Cl2N3O2. The summed E-state index contributed by atoms with van der Waals surface area (Å²) in [5.74, 6) is 0.0835. The summed E-state index contributed by atoms with van der Waals surface area (Å²) in [4.78, 5) is 12.7. The first kappa shape index (κ1) is 40.4. The second kappa shape index (κ2) is 24.0. The number of rotatable bonds is 23. The van der Waals surface area contributed by atoms with E-state index in [2.05, 4.69) is 33.3 Å². The van der Waals surface area contributed by atoms with Gasteiger partial charge in [0.2, 0.25) is 0 Å². The predicted octanol–water partition coefficient (Wildman–Crippen LogP) is 0.599. The van der Waals surface area contributed by atoms with Gasteiger partial charge >= 0.3 is 0 Å². The Hall–Kier alpha value is -0.0700. The van der Waals surface area contributed by atoms with Gasteiger partial charge in [-0.1, -0.05) is 104 Å². The van der Waals surface area contributed by atoms with E-state index < -0.39 is 6.23 Å². The molecule has 0 aliphatic heterocycles. The van der Waals surface area contributed by atoms with Crippen molar-refractivity contribution in [2.45, 2.75) is 142 Å². The summed E-state index contributed by atoms with van der Waals surface area (Å²) in [6, 6.07) is 0. The zero-order valence-electron chi connectivity index (χ0n) is 25.1. The summed E-state index contributed by atoms with van der Waals surface area (Å²) in [7, 11) is 8.24. The maximum atomic E-state index is 12.7. The maximum Gasteiger partial charge on any atom is 0.279 e. The third-order valence-corrected chi connectivity index (χ3v) is 7.67. The minimum absolute atomic E-state index is 0. The molecule has 5 nitrogen and oxygen atoms in total. The molecule has 0 aromatic rings. The summed E-state index contributed by atoms with van der Waals surface area (Å²) in [6.07, 6.45) is 22.4. The molecule has 0 heterocycles. The van der Waals surface area contributed by atoms with Crippen LogP contribution in [-0.4, -0.2) is 73.7 Å². The largest absolute Gasteiger partial charge is 1.00 e. The van der Waals surface area contributed by atoms with Gasteiger partial charge in [0, 0.05) is 13.3 Å². The van der Waals surface area contributed by atoms with Crippen LogP contribution < -0.4 is 30.1 Å². The Labute approximate surface area is 238 Å². The van der Waals surface area contributed by atoms with Gasteiger partial charge in [-0.2, -0.15) is 0 Å². The highest BCUT2D eigenvalue weighted by molar-refractivity contribution is 5.77. The molecule has 2 unspecified atom stereocenters. The van der Waals surface area contributed by atoms with Gasteiger partial charge in [-0.25, -0.2) is 0 Å². The molecule has 0 rings (SSSR count). The molecule has 0 aromatic heterocycles. The minimum Gasteiger partial charge on any atom is -1.00 e. The molecular weight excluding hydrogens is 493 g/mol. The molecule has 0 spiro atoms. The number of hydrogen-bond donors (Lipinski definition) is 2. The Bertz CT molecular complexity index is 503. The van der Waals surface area contributed by atoms with Crippen LogP contribution in [0.15, 0.2) is 0 Å². The summed E-state index contributed by atoms with van der Waals surface area (Å²) < 4.78 is 1.11. The number of nitrogens with zero attached hydrogens (tertiary/aromatic N) is 2. The molecule has 0 radical (unpaired) electrons. The number of quaternary nitrogens is 2. The zero-order valence-corrected chi connectivity index (χ0v) is 26.6. The fraction of sp³-hybridized carbons (Fsp3) is 0.966. The van der Waals surface area contributed by atoms with Crippen LogP contribution in [0.1, 0.15) is 130 Å². The molecule has 36 heavy (non-hydrogen) atoms. The first-order chi connectivity index (χ1) is 16.1. The van der Waals surface area contributed by atoms with Gasteiger partial charge in [0.15, 0.2) is 18.9 Å². The zero-order chi connectivity index (χ0) is 25.9. The highest BCUT2D eigenvalue weighted by atomic mass is 35.5. The van der Waals surface area contributed by atoms with E-state index in [4.69, 9.17) is 0 Å². The molecule has 1 amide bonds. The summed E-state index contributed by atoms with van der Waals surface area (Å²) in [6.45, 7) is 7.66. The van der Waals surface area contributed by atoms with Crippen molar-refractivity contribution >= 4 is 5.91 Å². The molecule has 0 saturated heterocycles. The highest BCUT2D eigenvalue weighted by Gasteiger charge is 2.33. The van der Waals surface area contributed by atoms with Gasteiger partial charge in [-0.05, 0) is 12.8 Å². The van der Waals surface area contributed by atoms with Gasteiger partial charge in [0.1, 0.15) is 0 Å². The van der Waals surface area contributed by atoms with Crippen molar-refractivity contribution < 1.29 is 43.7 Å². The van der Waals surface area contributed by atoms with E-state index in [0.717, 1.165) is 17.4 Å². The van der Waals surface area contributed by atoms with Crippen molar-refractivity contribution in [3.05, 3.63) is 0 Å². The smallest absolute Gasteiger partial charge is 0.279 e. The third kappa shape index (κ3) is 20.9. The standard InChI is InChI=1S/C29H62N3O2.2ClH/c1-8-10-11-12-13-14-15-16-17-18-19-20-21-22-23-24-25-31(4,5)26-29(34)30-28(9-2)32(6,7)27(3)33;;/h27-28,33H,8-26H2,1-7H3;2*1H/q+1;;/p-1. The minimum atomic E-state index is -0.516. The third-order valence-electron chi connectivity index (χ3n) is 7.67. The highest BCUT2D eigenvalue weighted by Crippen LogP contribution is 2.15. The normalized spacial score (nSPS) is 13.4. The van der Waals surface area contributed by atoms with Crippen molar-refractivity contribution in [3.8, 4) is 0 Å². The number of aliphatic hydroxyl groups is 1. The average Bonchev–Trinajstić information content (AvgIpc) is 2.76. The molecule has 0 saturated carbocycles. The van der Waals surface area contributed by atoms with E-state index in [0.29, 0.717) is 11.0 Å². The van der Waals surface area contributed by atoms with Crippen molar-refractivity contribution in [2.24, 2.45) is 0 Å². The number of amides is 1. The van der Waals surface area contributed by atoms with Crippen LogP contribution in [0.4, 0.5) is 0 Å². The molecule has 0 fully saturated rings. The molecule has 2 atom stereocenters. The second-order valence-corrected chi connectivity index (χ2v) is 11.9. The summed E-state index contributed by atoms with van der Waals surface area (Å²) >= 11 is 0. The Morgan fingerprint density at radius 1 is 0.694 bits per heavy atom. The molecule has 0 aromatic carbocycles. The molecule has 220 valence electrons. The Morgan fingerprint density at radius 2 is 1.06 bits per heavy atom. The molecule has 7 heteroatoms. The van der Waals surface area contributed by atoms with Crippen molar-refractivity contribution in [1.29, 1.82) is 0 Å². The lowest BCUT2D eigenvalue weighted by atomic mass is 10.0. The fourth-order valence-electron chi connectivity index (χ4n) is 4.79. The Kier molecular flexibility index (Phi) is 27.0. The van der Waals surface area contributed by atoms with Gasteiger partial charge in [0.05, 0.1) is 34.7 Å².